The molecule has 22 heavy (non-hydrogen) atoms. The van der Waals surface area contributed by atoms with Crippen molar-refractivity contribution in [3.63, 3.8) is 0 Å². The van der Waals surface area contributed by atoms with Gasteiger partial charge in [0.15, 0.2) is 0 Å². The van der Waals surface area contributed by atoms with E-state index >= 15 is 0 Å². The first-order valence-corrected chi connectivity index (χ1v) is 9.92. The highest BCUT2D eigenvalue weighted by Crippen LogP contribution is 2.60. The summed E-state index contributed by atoms with van der Waals surface area (Å²) in [7, 11) is 1.76. The molecule has 0 bridgehead atoms. The van der Waals surface area contributed by atoms with Crippen molar-refractivity contribution in [2.24, 2.45) is 0 Å². The fourth-order valence-corrected chi connectivity index (χ4v) is 7.01. The first-order chi connectivity index (χ1) is 10.8. The molecule has 2 heterocycles. The van der Waals surface area contributed by atoms with Crippen molar-refractivity contribution < 1.29 is 4.74 Å². The number of nitrogens with one attached hydrogen (secondary N) is 2. The van der Waals surface area contributed by atoms with Crippen LogP contribution in [-0.2, 0) is 8.82 Å². The Morgan fingerprint density at radius 1 is 1.32 bits per heavy atom. The molecule has 1 atom stereocenters. The van der Waals surface area contributed by atoms with Gasteiger partial charge in [0.25, 0.3) is 0 Å². The van der Waals surface area contributed by atoms with E-state index in [4.69, 9.17) is 4.74 Å². The molecule has 1 aromatic carbocycles. The van der Waals surface area contributed by atoms with Crippen LogP contribution in [0.3, 0.4) is 0 Å². The maximum atomic E-state index is 5.20. The van der Waals surface area contributed by atoms with E-state index in [9.17, 15) is 0 Å². The van der Waals surface area contributed by atoms with Crippen LogP contribution < -0.4 is 5.32 Å². The Bertz CT molecular complexity index is 664. The highest BCUT2D eigenvalue weighted by Gasteiger charge is 2.45. The van der Waals surface area contributed by atoms with Gasteiger partial charge in [0.2, 0.25) is 0 Å². The number of thioether (sulfide) groups is 2. The van der Waals surface area contributed by atoms with Gasteiger partial charge < -0.3 is 15.0 Å². The van der Waals surface area contributed by atoms with Crippen LogP contribution in [0.25, 0.3) is 10.9 Å². The number of fused-ring (bicyclic) bond motifs is 4. The molecule has 118 valence electrons. The lowest BCUT2D eigenvalue weighted by atomic mass is 9.90. The summed E-state index contributed by atoms with van der Waals surface area (Å²) in [5.41, 5.74) is 4.24. The predicted octanol–water partition coefficient (Wildman–Crippen LogP) is 3.87. The van der Waals surface area contributed by atoms with Gasteiger partial charge in [-0.15, -0.1) is 23.5 Å². The highest BCUT2D eigenvalue weighted by atomic mass is 32.2. The van der Waals surface area contributed by atoms with E-state index in [0.717, 1.165) is 13.2 Å². The average molecular weight is 335 g/mol. The van der Waals surface area contributed by atoms with Crippen LogP contribution in [0.2, 0.25) is 0 Å². The summed E-state index contributed by atoms with van der Waals surface area (Å²) in [4.78, 5) is 3.76. The number of hydrogen-bond donors (Lipinski definition) is 2. The van der Waals surface area contributed by atoms with Crippen LogP contribution in [0.1, 0.15) is 30.1 Å². The van der Waals surface area contributed by atoms with E-state index in [1.54, 1.807) is 7.11 Å². The van der Waals surface area contributed by atoms with Gasteiger partial charge in [0, 0.05) is 47.8 Å². The molecule has 4 rings (SSSR count). The Labute approximate surface area is 140 Å². The van der Waals surface area contributed by atoms with Crippen molar-refractivity contribution in [3.05, 3.63) is 35.5 Å². The Kier molecular flexibility index (Phi) is 4.15. The molecule has 1 spiro atoms. The van der Waals surface area contributed by atoms with Crippen molar-refractivity contribution >= 4 is 34.4 Å². The molecular weight excluding hydrogens is 312 g/mol. The maximum absolute atomic E-state index is 5.20. The highest BCUT2D eigenvalue weighted by molar-refractivity contribution is 8.20. The molecule has 3 nitrogen and oxygen atoms in total. The monoisotopic (exact) mass is 334 g/mol. The predicted molar refractivity (Wildman–Crippen MR) is 96.7 cm³/mol. The average Bonchev–Trinajstić information content (AvgIpc) is 3.16. The Morgan fingerprint density at radius 2 is 2.14 bits per heavy atom. The fourth-order valence-electron chi connectivity index (χ4n) is 3.71. The van der Waals surface area contributed by atoms with Crippen LogP contribution in [-0.4, -0.2) is 36.8 Å². The lowest BCUT2D eigenvalue weighted by molar-refractivity contribution is 0.194. The number of aromatic nitrogens is 1. The number of rotatable bonds is 4. The minimum Gasteiger partial charge on any atom is -0.383 e. The molecule has 1 aromatic heterocycles. The summed E-state index contributed by atoms with van der Waals surface area (Å²) < 4.78 is 5.46. The van der Waals surface area contributed by atoms with Crippen molar-refractivity contribution in [2.75, 3.05) is 31.8 Å². The summed E-state index contributed by atoms with van der Waals surface area (Å²) in [6, 6.07) is 9.18. The Balaban J connectivity index is 1.78. The zero-order valence-corrected chi connectivity index (χ0v) is 14.5. The van der Waals surface area contributed by atoms with Gasteiger partial charge in [-0.25, -0.2) is 0 Å². The first kappa shape index (κ1) is 14.9. The van der Waals surface area contributed by atoms with Gasteiger partial charge in [-0.2, -0.15) is 0 Å². The zero-order chi connectivity index (χ0) is 15.0. The molecule has 2 aliphatic rings. The van der Waals surface area contributed by atoms with Crippen molar-refractivity contribution in [1.29, 1.82) is 0 Å². The number of methoxy groups -OCH3 is 1. The number of H-pyrrole nitrogens is 1. The van der Waals surface area contributed by atoms with E-state index in [-0.39, 0.29) is 4.08 Å². The van der Waals surface area contributed by atoms with Crippen LogP contribution >= 0.6 is 23.5 Å². The molecule has 1 aliphatic heterocycles. The summed E-state index contributed by atoms with van der Waals surface area (Å²) >= 11 is 4.27. The standard InChI is InChI=1S/C17H22N2OS2/c1-20-9-8-18-14-6-7-17(21-10-11-22-17)16-15(14)12-4-2-3-5-13(12)19-16/h2-5,14,18-19H,6-11H2,1H3. The lowest BCUT2D eigenvalue weighted by Gasteiger charge is -2.36. The molecular formula is C17H22N2OS2. The van der Waals surface area contributed by atoms with E-state index in [2.05, 4.69) is 58.1 Å². The van der Waals surface area contributed by atoms with Crippen molar-refractivity contribution in [1.82, 2.24) is 10.3 Å². The molecule has 0 radical (unpaired) electrons. The minimum absolute atomic E-state index is 0.258. The maximum Gasteiger partial charge on any atom is 0.101 e. The fraction of sp³-hybridized carbons (Fsp3) is 0.529. The van der Waals surface area contributed by atoms with Gasteiger partial charge in [-0.05, 0) is 24.5 Å². The van der Waals surface area contributed by atoms with Crippen molar-refractivity contribution in [3.8, 4) is 0 Å². The smallest absolute Gasteiger partial charge is 0.101 e. The summed E-state index contributed by atoms with van der Waals surface area (Å²) in [5.74, 6) is 2.53. The topological polar surface area (TPSA) is 37.0 Å². The first-order valence-electron chi connectivity index (χ1n) is 7.95. The molecule has 1 fully saturated rings. The summed E-state index contributed by atoms with van der Waals surface area (Å²) in [6.07, 6.45) is 2.45. The number of aromatic amines is 1. The third-order valence-electron chi connectivity index (χ3n) is 4.69. The third kappa shape index (κ3) is 2.39. The Hall–Kier alpha value is -0.620. The molecule has 1 saturated heterocycles. The van der Waals surface area contributed by atoms with Gasteiger partial charge in [0.1, 0.15) is 4.08 Å². The number of benzene rings is 1. The third-order valence-corrected chi connectivity index (χ3v) is 8.22. The van der Waals surface area contributed by atoms with Crippen molar-refractivity contribution in [2.45, 2.75) is 23.0 Å². The van der Waals surface area contributed by atoms with Gasteiger partial charge >= 0.3 is 0 Å². The van der Waals surface area contributed by atoms with E-state index in [0.29, 0.717) is 6.04 Å². The van der Waals surface area contributed by atoms with Gasteiger partial charge in [0.05, 0.1) is 6.61 Å². The molecule has 1 unspecified atom stereocenters. The number of hydrogen-bond acceptors (Lipinski definition) is 4. The second kappa shape index (κ2) is 6.11. The second-order valence-corrected chi connectivity index (χ2v) is 8.99. The lowest BCUT2D eigenvalue weighted by Crippen LogP contribution is -2.33. The number of ether oxygens (including phenoxy) is 1. The van der Waals surface area contributed by atoms with Crippen LogP contribution in [0, 0.1) is 0 Å². The largest absolute Gasteiger partial charge is 0.383 e. The normalized spacial score (nSPS) is 23.2. The van der Waals surface area contributed by atoms with Gasteiger partial charge in [-0.3, -0.25) is 0 Å². The molecule has 1 aliphatic carbocycles. The zero-order valence-electron chi connectivity index (χ0n) is 12.9. The minimum atomic E-state index is 0.258. The Morgan fingerprint density at radius 3 is 2.95 bits per heavy atom. The molecule has 0 saturated carbocycles. The summed E-state index contributed by atoms with van der Waals surface area (Å²) in [5, 5.41) is 5.09. The van der Waals surface area contributed by atoms with E-state index in [1.165, 1.54) is 46.5 Å². The number of para-hydroxylation sites is 1. The van der Waals surface area contributed by atoms with Gasteiger partial charge in [-0.1, -0.05) is 18.2 Å². The van der Waals surface area contributed by atoms with Crippen LogP contribution in [0.4, 0.5) is 0 Å². The van der Waals surface area contributed by atoms with Crippen LogP contribution in [0.15, 0.2) is 24.3 Å². The molecule has 2 N–H and O–H groups in total. The second-order valence-electron chi connectivity index (χ2n) is 5.95. The van der Waals surface area contributed by atoms with E-state index < -0.39 is 0 Å². The molecule has 0 amide bonds. The quantitative estimate of drug-likeness (QED) is 0.832. The summed E-state index contributed by atoms with van der Waals surface area (Å²) in [6.45, 7) is 1.68. The molecule has 2 aromatic rings. The van der Waals surface area contributed by atoms with E-state index in [1.807, 2.05) is 0 Å². The SMILES string of the molecule is COCCNC1CCC2(SCCS2)c2[nH]c3ccccc3c21. The van der Waals surface area contributed by atoms with Crippen LogP contribution in [0.5, 0.6) is 0 Å². The molecule has 5 heteroatoms.